The average molecular weight is 409 g/mol. The molecule has 31 heavy (non-hydrogen) atoms. The Bertz CT molecular complexity index is 1430. The first-order valence-electron chi connectivity index (χ1n) is 9.46. The van der Waals surface area contributed by atoms with E-state index >= 15 is 0 Å². The van der Waals surface area contributed by atoms with Crippen LogP contribution in [0.2, 0.25) is 0 Å². The monoisotopic (exact) mass is 409 g/mol. The van der Waals surface area contributed by atoms with Crippen molar-refractivity contribution in [2.24, 2.45) is 0 Å². The van der Waals surface area contributed by atoms with E-state index < -0.39 is 5.78 Å². The molecule has 0 saturated heterocycles. The number of aromatic hydroxyl groups is 2. The molecule has 1 aliphatic rings. The Morgan fingerprint density at radius 3 is 2.74 bits per heavy atom. The van der Waals surface area contributed by atoms with Crippen LogP contribution in [0.5, 0.6) is 17.2 Å². The van der Waals surface area contributed by atoms with Crippen LogP contribution in [0, 0.1) is 11.3 Å². The molecule has 2 aromatic heterocycles. The lowest BCUT2D eigenvalue weighted by atomic mass is 10.0. The highest BCUT2D eigenvalue weighted by molar-refractivity contribution is 6.17. The molecule has 150 valence electrons. The number of benzene rings is 2. The molecule has 0 spiro atoms. The predicted molar refractivity (Wildman–Crippen MR) is 113 cm³/mol. The lowest BCUT2D eigenvalue weighted by Crippen LogP contribution is -1.99. The summed E-state index contributed by atoms with van der Waals surface area (Å²) in [4.78, 5) is 16.8. The van der Waals surface area contributed by atoms with Crippen molar-refractivity contribution in [2.75, 3.05) is 0 Å². The number of rotatable bonds is 3. The molecule has 0 atom stereocenters. The van der Waals surface area contributed by atoms with Crippen molar-refractivity contribution in [1.29, 1.82) is 5.26 Å². The van der Waals surface area contributed by atoms with Crippen LogP contribution in [-0.2, 0) is 6.54 Å². The Labute approximate surface area is 176 Å². The quantitative estimate of drug-likeness (QED) is 0.496. The van der Waals surface area contributed by atoms with Gasteiger partial charge in [0.1, 0.15) is 22.8 Å². The van der Waals surface area contributed by atoms with Gasteiger partial charge in [-0.15, -0.1) is 0 Å². The van der Waals surface area contributed by atoms with E-state index in [1.165, 1.54) is 6.07 Å². The zero-order valence-electron chi connectivity index (χ0n) is 16.1. The number of allylic oxidation sites excluding steroid dienone is 1. The van der Waals surface area contributed by atoms with Gasteiger partial charge in [-0.05, 0) is 35.9 Å². The number of phenolic OH excluding ortho intramolecular Hbond substituents is 2. The first kappa shape index (κ1) is 18.5. The maximum Gasteiger partial charge on any atom is 0.235 e. The minimum absolute atomic E-state index is 0.00470. The summed E-state index contributed by atoms with van der Waals surface area (Å²) >= 11 is 0. The van der Waals surface area contributed by atoms with Gasteiger partial charge in [0.15, 0.2) is 5.76 Å². The minimum Gasteiger partial charge on any atom is -0.508 e. The van der Waals surface area contributed by atoms with Crippen molar-refractivity contribution < 1.29 is 19.7 Å². The second-order valence-corrected chi connectivity index (χ2v) is 7.16. The number of nitrogens with zero attached hydrogens (tertiary/aromatic N) is 3. The highest BCUT2D eigenvalue weighted by Gasteiger charge is 2.31. The number of pyridine rings is 1. The fraction of sp³-hybridized carbons (Fsp3) is 0.0417. The highest BCUT2D eigenvalue weighted by Crippen LogP contribution is 2.41. The van der Waals surface area contributed by atoms with E-state index in [-0.39, 0.29) is 28.6 Å². The summed E-state index contributed by atoms with van der Waals surface area (Å²) in [5.41, 5.74) is 2.99. The second-order valence-electron chi connectivity index (χ2n) is 7.16. The van der Waals surface area contributed by atoms with Gasteiger partial charge >= 0.3 is 0 Å². The van der Waals surface area contributed by atoms with Gasteiger partial charge in [0.25, 0.3) is 0 Å². The van der Waals surface area contributed by atoms with Gasteiger partial charge in [0.2, 0.25) is 5.78 Å². The number of carbonyl (C=O) groups excluding carboxylic acids is 1. The van der Waals surface area contributed by atoms with Crippen LogP contribution in [0.1, 0.15) is 27.0 Å². The molecule has 0 unspecified atom stereocenters. The molecule has 0 bridgehead atoms. The Balaban J connectivity index is 1.65. The standard InChI is InChI=1S/C24H15N3O4/c25-11-15-2-1-3-18-22(15)16(13-27(18)12-14-4-6-26-7-5-14)8-21-24(30)23-19(29)9-17(28)10-20(23)31-21/h1-10,13,28-29H,12H2. The van der Waals surface area contributed by atoms with E-state index in [1.54, 1.807) is 24.5 Å². The third-order valence-electron chi connectivity index (χ3n) is 5.18. The maximum absolute atomic E-state index is 12.8. The van der Waals surface area contributed by atoms with E-state index in [9.17, 15) is 20.3 Å². The Kier molecular flexibility index (Phi) is 4.19. The van der Waals surface area contributed by atoms with Gasteiger partial charge in [-0.1, -0.05) is 6.07 Å². The molecule has 0 aliphatic carbocycles. The molecule has 3 heterocycles. The minimum atomic E-state index is -0.489. The summed E-state index contributed by atoms with van der Waals surface area (Å²) in [7, 11) is 0. The van der Waals surface area contributed by atoms with Crippen molar-refractivity contribution in [1.82, 2.24) is 9.55 Å². The fourth-order valence-electron chi connectivity index (χ4n) is 3.82. The number of ketones is 1. The summed E-state index contributed by atoms with van der Waals surface area (Å²) in [5, 5.41) is 30.1. The number of carbonyl (C=O) groups is 1. The topological polar surface area (TPSA) is 108 Å². The first-order valence-corrected chi connectivity index (χ1v) is 9.46. The molecule has 1 aliphatic heterocycles. The van der Waals surface area contributed by atoms with E-state index in [4.69, 9.17) is 4.74 Å². The zero-order valence-corrected chi connectivity index (χ0v) is 16.1. The number of nitriles is 1. The van der Waals surface area contributed by atoms with Crippen molar-refractivity contribution in [3.63, 3.8) is 0 Å². The van der Waals surface area contributed by atoms with Gasteiger partial charge in [-0.3, -0.25) is 9.78 Å². The van der Waals surface area contributed by atoms with Crippen molar-refractivity contribution in [2.45, 2.75) is 6.54 Å². The third-order valence-corrected chi connectivity index (χ3v) is 5.18. The number of hydrogen-bond acceptors (Lipinski definition) is 6. The van der Waals surface area contributed by atoms with Crippen molar-refractivity contribution >= 4 is 22.8 Å². The molecule has 7 nitrogen and oxygen atoms in total. The highest BCUT2D eigenvalue weighted by atomic mass is 16.5. The Morgan fingerprint density at radius 1 is 1.16 bits per heavy atom. The molecule has 5 rings (SSSR count). The van der Waals surface area contributed by atoms with Crippen LogP contribution in [0.15, 0.2) is 66.8 Å². The normalized spacial score (nSPS) is 13.9. The van der Waals surface area contributed by atoms with E-state index in [0.29, 0.717) is 23.1 Å². The average Bonchev–Trinajstić information content (AvgIpc) is 3.26. The molecule has 0 radical (unpaired) electrons. The fourth-order valence-corrected chi connectivity index (χ4v) is 3.82. The molecule has 4 aromatic rings. The Hall–Kier alpha value is -4.57. The van der Waals surface area contributed by atoms with E-state index in [2.05, 4.69) is 11.1 Å². The molecular formula is C24H15N3O4. The van der Waals surface area contributed by atoms with Gasteiger partial charge < -0.3 is 19.5 Å². The largest absolute Gasteiger partial charge is 0.508 e. The van der Waals surface area contributed by atoms with Gasteiger partial charge in [0.05, 0.1) is 17.1 Å². The molecule has 0 amide bonds. The molecule has 2 N–H and O–H groups in total. The summed E-state index contributed by atoms with van der Waals surface area (Å²) in [6.45, 7) is 0.556. The van der Waals surface area contributed by atoms with Crippen LogP contribution >= 0.6 is 0 Å². The van der Waals surface area contributed by atoms with Crippen LogP contribution in [0.4, 0.5) is 0 Å². The van der Waals surface area contributed by atoms with Crippen LogP contribution in [0.25, 0.3) is 17.0 Å². The maximum atomic E-state index is 12.8. The summed E-state index contributed by atoms with van der Waals surface area (Å²) in [5.74, 6) is -0.939. The van der Waals surface area contributed by atoms with Crippen LogP contribution in [0.3, 0.4) is 0 Å². The van der Waals surface area contributed by atoms with Crippen molar-refractivity contribution in [3.05, 3.63) is 89.1 Å². The van der Waals surface area contributed by atoms with E-state index in [0.717, 1.165) is 17.1 Å². The second kappa shape index (κ2) is 7.04. The predicted octanol–water partition coefficient (Wildman–Crippen LogP) is 3.98. The summed E-state index contributed by atoms with van der Waals surface area (Å²) in [6, 6.07) is 13.8. The number of phenols is 2. The first-order chi connectivity index (χ1) is 15.0. The number of ether oxygens (including phenoxy) is 1. The van der Waals surface area contributed by atoms with Crippen molar-refractivity contribution in [3.8, 4) is 23.3 Å². The number of hydrogen-bond donors (Lipinski definition) is 2. The SMILES string of the molecule is N#Cc1cccc2c1c(C=C1Oc3cc(O)cc(O)c3C1=O)cn2Cc1ccncc1. The third kappa shape index (κ3) is 3.07. The Morgan fingerprint density at radius 2 is 1.97 bits per heavy atom. The van der Waals surface area contributed by atoms with Crippen LogP contribution in [-0.4, -0.2) is 25.5 Å². The summed E-state index contributed by atoms with van der Waals surface area (Å²) in [6.07, 6.45) is 6.85. The van der Waals surface area contributed by atoms with Gasteiger partial charge in [-0.2, -0.15) is 5.26 Å². The molecule has 0 saturated carbocycles. The zero-order chi connectivity index (χ0) is 21.5. The smallest absolute Gasteiger partial charge is 0.235 e. The van der Waals surface area contributed by atoms with E-state index in [1.807, 2.05) is 35.0 Å². The van der Waals surface area contributed by atoms with Crippen LogP contribution < -0.4 is 4.74 Å². The molecule has 2 aromatic carbocycles. The lowest BCUT2D eigenvalue weighted by Gasteiger charge is -2.05. The van der Waals surface area contributed by atoms with Gasteiger partial charge in [-0.25, -0.2) is 0 Å². The molecule has 7 heteroatoms. The lowest BCUT2D eigenvalue weighted by molar-refractivity contribution is 0.101. The number of aromatic nitrogens is 2. The number of Topliss-reactive ketones (excluding diaryl/α,β-unsaturated/α-hetero) is 1. The number of fused-ring (bicyclic) bond motifs is 2. The molecular weight excluding hydrogens is 394 g/mol. The summed E-state index contributed by atoms with van der Waals surface area (Å²) < 4.78 is 7.62. The van der Waals surface area contributed by atoms with Gasteiger partial charge in [0, 0.05) is 48.2 Å². The molecule has 0 fully saturated rings.